The first-order chi connectivity index (χ1) is 9.15. The van der Waals surface area contributed by atoms with Crippen molar-refractivity contribution in [3.63, 3.8) is 0 Å². The summed E-state index contributed by atoms with van der Waals surface area (Å²) in [5, 5.41) is 10.6. The molecule has 0 aliphatic rings. The Kier molecular flexibility index (Phi) is 3.76. The highest BCUT2D eigenvalue weighted by molar-refractivity contribution is 5.80. The zero-order chi connectivity index (χ0) is 13.7. The van der Waals surface area contributed by atoms with E-state index in [1.54, 1.807) is 12.1 Å². The lowest BCUT2D eigenvalue weighted by Crippen LogP contribution is -2.33. The van der Waals surface area contributed by atoms with Crippen molar-refractivity contribution in [1.82, 2.24) is 20.5 Å². The van der Waals surface area contributed by atoms with Crippen molar-refractivity contribution < 1.29 is 9.21 Å². The van der Waals surface area contributed by atoms with Crippen LogP contribution >= 0.6 is 0 Å². The maximum Gasteiger partial charge on any atom is 0.342 e. The molecule has 2 aromatic rings. The molecule has 0 aliphatic carbocycles. The van der Waals surface area contributed by atoms with E-state index in [2.05, 4.69) is 15.7 Å². The second kappa shape index (κ2) is 5.67. The second-order valence-corrected chi connectivity index (χ2v) is 3.57. The lowest BCUT2D eigenvalue weighted by molar-refractivity contribution is -0.119. The van der Waals surface area contributed by atoms with Gasteiger partial charge in [0, 0.05) is 0 Å². The Balaban J connectivity index is 1.83. The van der Waals surface area contributed by atoms with Gasteiger partial charge >= 0.3 is 5.69 Å². The summed E-state index contributed by atoms with van der Waals surface area (Å²) in [7, 11) is 0. The molecule has 2 rings (SSSR count). The molecule has 0 spiro atoms. The van der Waals surface area contributed by atoms with Gasteiger partial charge in [-0.05, 0) is 12.1 Å². The van der Waals surface area contributed by atoms with E-state index in [1.165, 1.54) is 6.26 Å². The molecule has 1 amide bonds. The van der Waals surface area contributed by atoms with Crippen LogP contribution in [0.4, 0.5) is 5.82 Å². The van der Waals surface area contributed by atoms with Gasteiger partial charge in [0.1, 0.15) is 5.76 Å². The van der Waals surface area contributed by atoms with Crippen LogP contribution in [0.1, 0.15) is 5.76 Å². The molecular weight excluding hydrogens is 254 g/mol. The third kappa shape index (κ3) is 3.56. The molecule has 9 heteroatoms. The number of hydrogen-bond donors (Lipinski definition) is 4. The van der Waals surface area contributed by atoms with Crippen molar-refractivity contribution in [3.05, 3.63) is 45.0 Å². The number of carbonyl (C=O) groups is 1. The minimum atomic E-state index is -0.710. The summed E-state index contributed by atoms with van der Waals surface area (Å²) >= 11 is 0. The van der Waals surface area contributed by atoms with E-state index >= 15 is 0 Å². The molecule has 2 heterocycles. The number of hydrogen-bond acceptors (Lipinski definition) is 6. The quantitative estimate of drug-likeness (QED) is 0.535. The number of nitrogens with one attached hydrogen (secondary N) is 4. The Morgan fingerprint density at radius 1 is 1.42 bits per heavy atom. The Hall–Kier alpha value is -2.84. The van der Waals surface area contributed by atoms with E-state index in [9.17, 15) is 14.4 Å². The first kappa shape index (κ1) is 12.6. The van der Waals surface area contributed by atoms with Crippen LogP contribution in [0.2, 0.25) is 0 Å². The minimum absolute atomic E-state index is 0.132. The summed E-state index contributed by atoms with van der Waals surface area (Å²) in [6, 6.07) is 3.44. The zero-order valence-electron chi connectivity index (χ0n) is 9.73. The van der Waals surface area contributed by atoms with E-state index in [0.717, 1.165) is 0 Å². The summed E-state index contributed by atoms with van der Waals surface area (Å²) < 4.78 is 5.04. The lowest BCUT2D eigenvalue weighted by Gasteiger charge is -2.04. The molecule has 4 N–H and O–H groups in total. The number of anilines is 1. The fraction of sp³-hybridized carbons (Fsp3) is 0.200. The van der Waals surface area contributed by atoms with Crippen LogP contribution in [-0.4, -0.2) is 27.6 Å². The minimum Gasteiger partial charge on any atom is -0.467 e. The number of H-pyrrole nitrogens is 2. The molecule has 0 aromatic carbocycles. The van der Waals surface area contributed by atoms with Crippen LogP contribution in [0.25, 0.3) is 0 Å². The van der Waals surface area contributed by atoms with Gasteiger partial charge in [-0.1, -0.05) is 0 Å². The molecular formula is C10H11N5O4. The molecule has 0 saturated carbocycles. The first-order valence-electron chi connectivity index (χ1n) is 5.37. The molecule has 0 saturated heterocycles. The van der Waals surface area contributed by atoms with Gasteiger partial charge in [0.15, 0.2) is 0 Å². The molecule has 0 fully saturated rings. The number of aromatic nitrogens is 3. The monoisotopic (exact) mass is 265 g/mol. The number of furan rings is 1. The highest BCUT2D eigenvalue weighted by Gasteiger charge is 2.06. The van der Waals surface area contributed by atoms with Crippen LogP contribution < -0.4 is 21.9 Å². The van der Waals surface area contributed by atoms with E-state index in [4.69, 9.17) is 4.42 Å². The maximum absolute atomic E-state index is 11.5. The summed E-state index contributed by atoms with van der Waals surface area (Å²) in [5.41, 5.74) is -1.40. The number of amides is 1. The number of rotatable bonds is 5. The number of nitrogens with zero attached hydrogens (tertiary/aromatic N) is 1. The van der Waals surface area contributed by atoms with Gasteiger partial charge in [-0.15, -0.1) is 5.10 Å². The predicted molar refractivity (Wildman–Crippen MR) is 64.5 cm³/mol. The fourth-order valence-corrected chi connectivity index (χ4v) is 1.29. The first-order valence-corrected chi connectivity index (χ1v) is 5.37. The highest BCUT2D eigenvalue weighted by atomic mass is 16.3. The molecule has 19 heavy (non-hydrogen) atoms. The second-order valence-electron chi connectivity index (χ2n) is 3.57. The van der Waals surface area contributed by atoms with Crippen LogP contribution in [0.3, 0.4) is 0 Å². The molecule has 100 valence electrons. The van der Waals surface area contributed by atoms with Crippen molar-refractivity contribution in [1.29, 1.82) is 0 Å². The van der Waals surface area contributed by atoms with Crippen molar-refractivity contribution >= 4 is 11.7 Å². The standard InChI is InChI=1S/C10H11N5O4/c16-7(11-4-6-2-1-3-19-6)5-12-8-9(17)13-10(18)15-14-8/h1-3H,4-5H2,(H,11,16)(H,12,14)(H2,13,15,17,18). The van der Waals surface area contributed by atoms with Gasteiger partial charge < -0.3 is 15.1 Å². The van der Waals surface area contributed by atoms with Crippen molar-refractivity contribution in [2.45, 2.75) is 6.54 Å². The maximum atomic E-state index is 11.5. The van der Waals surface area contributed by atoms with Crippen molar-refractivity contribution in [2.24, 2.45) is 0 Å². The average molecular weight is 265 g/mol. The van der Waals surface area contributed by atoms with Crippen molar-refractivity contribution in [3.8, 4) is 0 Å². The van der Waals surface area contributed by atoms with E-state index in [0.29, 0.717) is 5.76 Å². The summed E-state index contributed by atoms with van der Waals surface area (Å²) in [6.07, 6.45) is 1.50. The normalized spacial score (nSPS) is 10.1. The van der Waals surface area contributed by atoms with E-state index < -0.39 is 11.2 Å². The van der Waals surface area contributed by atoms with E-state index in [1.807, 2.05) is 10.1 Å². The summed E-state index contributed by atoms with van der Waals surface area (Å²) in [6.45, 7) is 0.103. The topological polar surface area (TPSA) is 133 Å². The Bertz CT molecular complexity index is 657. The van der Waals surface area contributed by atoms with Gasteiger partial charge in [0.2, 0.25) is 11.7 Å². The van der Waals surface area contributed by atoms with Crippen LogP contribution in [0.5, 0.6) is 0 Å². The lowest BCUT2D eigenvalue weighted by atomic mass is 10.4. The molecule has 0 aliphatic heterocycles. The predicted octanol–water partition coefficient (Wildman–Crippen LogP) is -1.22. The average Bonchev–Trinajstić information content (AvgIpc) is 2.88. The Labute approximate surface area is 106 Å². The molecule has 2 aromatic heterocycles. The van der Waals surface area contributed by atoms with Gasteiger partial charge in [0.25, 0.3) is 5.56 Å². The van der Waals surface area contributed by atoms with Gasteiger partial charge in [0.05, 0.1) is 19.4 Å². The van der Waals surface area contributed by atoms with E-state index in [-0.39, 0.29) is 24.8 Å². The molecule has 0 unspecified atom stereocenters. The van der Waals surface area contributed by atoms with Gasteiger partial charge in [-0.3, -0.25) is 14.6 Å². The molecule has 9 nitrogen and oxygen atoms in total. The zero-order valence-corrected chi connectivity index (χ0v) is 9.73. The van der Waals surface area contributed by atoms with Crippen LogP contribution in [-0.2, 0) is 11.3 Å². The third-order valence-electron chi connectivity index (χ3n) is 2.17. The molecule has 0 radical (unpaired) electrons. The molecule has 0 bridgehead atoms. The van der Waals surface area contributed by atoms with Crippen LogP contribution in [0, 0.1) is 0 Å². The number of aromatic amines is 2. The summed E-state index contributed by atoms with van der Waals surface area (Å²) in [4.78, 5) is 35.4. The fourth-order valence-electron chi connectivity index (χ4n) is 1.29. The summed E-state index contributed by atoms with van der Waals surface area (Å²) in [5.74, 6) is 0.143. The van der Waals surface area contributed by atoms with Gasteiger partial charge in [-0.2, -0.15) is 0 Å². The Morgan fingerprint density at radius 2 is 2.26 bits per heavy atom. The van der Waals surface area contributed by atoms with Crippen LogP contribution in [0.15, 0.2) is 32.4 Å². The molecule has 0 atom stereocenters. The van der Waals surface area contributed by atoms with Gasteiger partial charge in [-0.25, -0.2) is 9.89 Å². The Morgan fingerprint density at radius 3 is 2.95 bits per heavy atom. The highest BCUT2D eigenvalue weighted by Crippen LogP contribution is 1.98. The van der Waals surface area contributed by atoms with Crippen molar-refractivity contribution in [2.75, 3.05) is 11.9 Å². The smallest absolute Gasteiger partial charge is 0.342 e. The SMILES string of the molecule is O=C(CNc1n[nH]c(=O)[nH]c1=O)NCc1ccco1. The number of carbonyl (C=O) groups excluding carboxylic acids is 1. The largest absolute Gasteiger partial charge is 0.467 e. The third-order valence-corrected chi connectivity index (χ3v) is 2.17.